The molecule has 1 aliphatic rings. The maximum absolute atomic E-state index is 9.54. The van der Waals surface area contributed by atoms with E-state index in [0.29, 0.717) is 10.9 Å². The summed E-state index contributed by atoms with van der Waals surface area (Å²) in [7, 11) is 0. The minimum absolute atomic E-state index is 0.286. The predicted molar refractivity (Wildman–Crippen MR) is 78.8 cm³/mol. The first kappa shape index (κ1) is 14.7. The van der Waals surface area contributed by atoms with Crippen molar-refractivity contribution in [2.24, 2.45) is 5.92 Å². The quantitative estimate of drug-likeness (QED) is 0.864. The van der Waals surface area contributed by atoms with E-state index in [-0.39, 0.29) is 6.10 Å². The molecule has 1 aromatic rings. The van der Waals surface area contributed by atoms with Crippen LogP contribution in [0.5, 0.6) is 5.75 Å². The summed E-state index contributed by atoms with van der Waals surface area (Å²) in [5, 5.41) is 10.1. The minimum Gasteiger partial charge on any atom is -0.489 e. The summed E-state index contributed by atoms with van der Waals surface area (Å²) in [5.74, 6) is 1.39. The number of hydrogen-bond acceptors (Lipinski definition) is 2. The third-order valence-corrected chi connectivity index (χ3v) is 4.38. The Labute approximate surface area is 120 Å². The Balaban J connectivity index is 2.09. The molecule has 0 amide bonds. The second-order valence-electron chi connectivity index (χ2n) is 5.47. The van der Waals surface area contributed by atoms with Crippen molar-refractivity contribution in [3.63, 3.8) is 0 Å². The van der Waals surface area contributed by atoms with Gasteiger partial charge in [0.2, 0.25) is 0 Å². The second-order valence-corrected chi connectivity index (χ2v) is 5.88. The van der Waals surface area contributed by atoms with Crippen molar-refractivity contribution in [1.29, 1.82) is 0 Å². The average molecular weight is 283 g/mol. The predicted octanol–water partition coefficient (Wildman–Crippen LogP) is 4.74. The number of halogens is 1. The summed E-state index contributed by atoms with van der Waals surface area (Å²) in [5.41, 5.74) is 0.827. The van der Waals surface area contributed by atoms with E-state index >= 15 is 0 Å². The molecule has 2 rings (SSSR count). The fourth-order valence-electron chi connectivity index (χ4n) is 2.83. The molecular weight excluding hydrogens is 260 g/mol. The maximum Gasteiger partial charge on any atom is 0.138 e. The summed E-state index contributed by atoms with van der Waals surface area (Å²) < 4.78 is 6.11. The van der Waals surface area contributed by atoms with Gasteiger partial charge < -0.3 is 9.84 Å². The van der Waals surface area contributed by atoms with Crippen LogP contribution in [-0.4, -0.2) is 11.2 Å². The van der Waals surface area contributed by atoms with Crippen LogP contribution in [0.15, 0.2) is 18.2 Å². The van der Waals surface area contributed by atoms with Crippen LogP contribution in [0.25, 0.3) is 0 Å². The van der Waals surface area contributed by atoms with Gasteiger partial charge in [0.25, 0.3) is 0 Å². The summed E-state index contributed by atoms with van der Waals surface area (Å²) in [6.45, 7) is 3.96. The molecule has 1 saturated carbocycles. The highest BCUT2D eigenvalue weighted by Crippen LogP contribution is 2.34. The van der Waals surface area contributed by atoms with E-state index in [4.69, 9.17) is 16.3 Å². The lowest BCUT2D eigenvalue weighted by Gasteiger charge is -2.31. The van der Waals surface area contributed by atoms with Gasteiger partial charge in [-0.25, -0.2) is 0 Å². The third-order valence-electron chi connectivity index (χ3n) is 4.08. The zero-order valence-electron chi connectivity index (χ0n) is 11.7. The number of rotatable bonds is 4. The highest BCUT2D eigenvalue weighted by Gasteiger charge is 2.25. The van der Waals surface area contributed by atoms with Crippen LogP contribution in [0.3, 0.4) is 0 Å². The highest BCUT2D eigenvalue weighted by atomic mass is 35.5. The number of ether oxygens (including phenoxy) is 1. The van der Waals surface area contributed by atoms with Crippen LogP contribution in [0.1, 0.15) is 57.6 Å². The van der Waals surface area contributed by atoms with E-state index in [1.165, 1.54) is 19.3 Å². The summed E-state index contributed by atoms with van der Waals surface area (Å²) >= 11 is 6.25. The van der Waals surface area contributed by atoms with E-state index in [1.54, 1.807) is 13.0 Å². The lowest BCUT2D eigenvalue weighted by molar-refractivity contribution is 0.0904. The van der Waals surface area contributed by atoms with Crippen LogP contribution in [0.4, 0.5) is 0 Å². The molecule has 2 unspecified atom stereocenters. The SMILES string of the molecule is CCC1CCCCC1Oc1ccc([C@@H](C)O)cc1Cl. The van der Waals surface area contributed by atoms with Crippen LogP contribution in [-0.2, 0) is 0 Å². The van der Waals surface area contributed by atoms with Gasteiger partial charge in [-0.15, -0.1) is 0 Å². The molecule has 0 heterocycles. The van der Waals surface area contributed by atoms with Gasteiger partial charge in [0.15, 0.2) is 0 Å². The zero-order chi connectivity index (χ0) is 13.8. The van der Waals surface area contributed by atoms with Crippen molar-refractivity contribution >= 4 is 11.6 Å². The van der Waals surface area contributed by atoms with Crippen molar-refractivity contribution < 1.29 is 9.84 Å². The van der Waals surface area contributed by atoms with Gasteiger partial charge in [0.1, 0.15) is 11.9 Å². The van der Waals surface area contributed by atoms with E-state index in [2.05, 4.69) is 6.92 Å². The van der Waals surface area contributed by atoms with E-state index in [1.807, 2.05) is 12.1 Å². The fourth-order valence-corrected chi connectivity index (χ4v) is 3.06. The Morgan fingerprint density at radius 3 is 2.74 bits per heavy atom. The standard InChI is InChI=1S/C16H23ClO2/c1-3-12-6-4-5-7-15(12)19-16-9-8-13(11(2)18)10-14(16)17/h8-12,15,18H,3-7H2,1-2H3/t11-,12?,15?/m1/s1. The van der Waals surface area contributed by atoms with Crippen LogP contribution >= 0.6 is 11.6 Å². The van der Waals surface area contributed by atoms with Gasteiger partial charge in [0.05, 0.1) is 11.1 Å². The van der Waals surface area contributed by atoms with Crippen molar-refractivity contribution in [2.45, 2.75) is 58.2 Å². The topological polar surface area (TPSA) is 29.5 Å². The van der Waals surface area contributed by atoms with Crippen molar-refractivity contribution in [3.05, 3.63) is 28.8 Å². The average Bonchev–Trinajstić information content (AvgIpc) is 2.41. The van der Waals surface area contributed by atoms with Gasteiger partial charge in [-0.1, -0.05) is 31.0 Å². The first-order valence-electron chi connectivity index (χ1n) is 7.26. The Morgan fingerprint density at radius 2 is 2.11 bits per heavy atom. The Morgan fingerprint density at radius 1 is 1.37 bits per heavy atom. The van der Waals surface area contributed by atoms with Gasteiger partial charge >= 0.3 is 0 Å². The Kier molecular flexibility index (Phi) is 5.12. The molecule has 0 aromatic heterocycles. The number of aliphatic hydroxyl groups is 1. The van der Waals surface area contributed by atoms with Gasteiger partial charge in [-0.2, -0.15) is 0 Å². The first-order valence-corrected chi connectivity index (χ1v) is 7.63. The van der Waals surface area contributed by atoms with Crippen LogP contribution in [0, 0.1) is 5.92 Å². The van der Waals surface area contributed by atoms with Gasteiger partial charge in [-0.05, 0) is 56.2 Å². The largest absolute Gasteiger partial charge is 0.489 e. The van der Waals surface area contributed by atoms with Crippen molar-refractivity contribution in [2.75, 3.05) is 0 Å². The summed E-state index contributed by atoms with van der Waals surface area (Å²) in [6.07, 6.45) is 5.88. The van der Waals surface area contributed by atoms with Gasteiger partial charge in [0, 0.05) is 0 Å². The number of hydrogen-bond donors (Lipinski definition) is 1. The molecule has 106 valence electrons. The van der Waals surface area contributed by atoms with Crippen molar-refractivity contribution in [3.8, 4) is 5.75 Å². The first-order chi connectivity index (χ1) is 9.11. The van der Waals surface area contributed by atoms with Crippen LogP contribution < -0.4 is 4.74 Å². The second kappa shape index (κ2) is 6.62. The molecule has 3 atom stereocenters. The molecule has 0 radical (unpaired) electrons. The maximum atomic E-state index is 9.54. The minimum atomic E-state index is -0.496. The molecule has 1 N–H and O–H groups in total. The number of aliphatic hydroxyl groups excluding tert-OH is 1. The normalized spacial score (nSPS) is 25.1. The molecule has 0 spiro atoms. The molecule has 3 heteroatoms. The zero-order valence-corrected chi connectivity index (χ0v) is 12.5. The van der Waals surface area contributed by atoms with Gasteiger partial charge in [-0.3, -0.25) is 0 Å². The molecule has 1 fully saturated rings. The molecule has 1 aliphatic carbocycles. The molecule has 19 heavy (non-hydrogen) atoms. The lowest BCUT2D eigenvalue weighted by Crippen LogP contribution is -2.30. The van der Waals surface area contributed by atoms with Crippen molar-refractivity contribution in [1.82, 2.24) is 0 Å². The molecule has 0 saturated heterocycles. The Hall–Kier alpha value is -0.730. The fraction of sp³-hybridized carbons (Fsp3) is 0.625. The lowest BCUT2D eigenvalue weighted by atomic mass is 9.85. The number of benzene rings is 1. The molecule has 1 aromatic carbocycles. The summed E-state index contributed by atoms with van der Waals surface area (Å²) in [4.78, 5) is 0. The monoisotopic (exact) mass is 282 g/mol. The molecule has 0 bridgehead atoms. The van der Waals surface area contributed by atoms with E-state index < -0.39 is 6.10 Å². The highest BCUT2D eigenvalue weighted by molar-refractivity contribution is 6.32. The van der Waals surface area contributed by atoms with E-state index in [0.717, 1.165) is 24.2 Å². The Bertz CT molecular complexity index is 417. The molecule has 0 aliphatic heterocycles. The summed E-state index contributed by atoms with van der Waals surface area (Å²) in [6, 6.07) is 5.56. The smallest absolute Gasteiger partial charge is 0.138 e. The third kappa shape index (κ3) is 3.64. The molecular formula is C16H23ClO2. The molecule has 2 nitrogen and oxygen atoms in total. The van der Waals surface area contributed by atoms with Crippen LogP contribution in [0.2, 0.25) is 5.02 Å². The van der Waals surface area contributed by atoms with E-state index in [9.17, 15) is 5.11 Å².